The second-order valence-corrected chi connectivity index (χ2v) is 4.12. The zero-order chi connectivity index (χ0) is 8.11. The highest BCUT2D eigenvalue weighted by Gasteiger charge is 2.57. The summed E-state index contributed by atoms with van der Waals surface area (Å²) >= 11 is 0. The van der Waals surface area contributed by atoms with Crippen LogP contribution in [0.3, 0.4) is 0 Å². The van der Waals surface area contributed by atoms with Crippen LogP contribution in [0.4, 0.5) is 0 Å². The fraction of sp³-hybridized carbons (Fsp3) is 1.00. The van der Waals surface area contributed by atoms with Crippen LogP contribution in [0.15, 0.2) is 0 Å². The Balaban J connectivity index is 2.28. The average molecular weight is 154 g/mol. The summed E-state index contributed by atoms with van der Waals surface area (Å²) in [5, 5.41) is 0. The molecule has 2 rings (SSSR count). The predicted molar refractivity (Wildman–Crippen MR) is 44.4 cm³/mol. The summed E-state index contributed by atoms with van der Waals surface area (Å²) in [5.41, 5.74) is -0.0150. The Bertz CT molecular complexity index is 167. The molecule has 1 saturated heterocycles. The van der Waals surface area contributed by atoms with Crippen molar-refractivity contribution in [3.05, 3.63) is 0 Å². The molecule has 0 unspecified atom stereocenters. The van der Waals surface area contributed by atoms with E-state index >= 15 is 0 Å². The van der Waals surface area contributed by atoms with Gasteiger partial charge in [0.15, 0.2) is 0 Å². The van der Waals surface area contributed by atoms with Gasteiger partial charge >= 0.3 is 7.12 Å². The van der Waals surface area contributed by atoms with Gasteiger partial charge in [0, 0.05) is 0 Å². The molecule has 62 valence electrons. The highest BCUT2D eigenvalue weighted by molar-refractivity contribution is 6.43. The molecule has 1 aliphatic carbocycles. The molecule has 2 fully saturated rings. The summed E-state index contributed by atoms with van der Waals surface area (Å²) in [5.74, 6) is 0. The first kappa shape index (κ1) is 7.62. The van der Waals surface area contributed by atoms with Crippen molar-refractivity contribution in [1.29, 1.82) is 0 Å². The minimum Gasteiger partial charge on any atom is -0.403 e. The molecule has 11 heavy (non-hydrogen) atoms. The summed E-state index contributed by atoms with van der Waals surface area (Å²) in [7, 11) is -0.00898. The SMILES string of the molecule is CB1O[C@]2(C)CCC[C@]2(C)O1. The van der Waals surface area contributed by atoms with Crippen LogP contribution in [-0.4, -0.2) is 18.3 Å². The molecule has 0 aromatic rings. The Morgan fingerprint density at radius 3 is 2.00 bits per heavy atom. The van der Waals surface area contributed by atoms with Crippen LogP contribution in [-0.2, 0) is 9.31 Å². The smallest absolute Gasteiger partial charge is 0.403 e. The maximum Gasteiger partial charge on any atom is 0.454 e. The van der Waals surface area contributed by atoms with Gasteiger partial charge in [-0.15, -0.1) is 0 Å². The maximum absolute atomic E-state index is 5.75. The van der Waals surface area contributed by atoms with Crippen LogP contribution < -0.4 is 0 Å². The summed E-state index contributed by atoms with van der Waals surface area (Å²) in [6.07, 6.45) is 3.53. The first-order valence-corrected chi connectivity index (χ1v) is 4.41. The van der Waals surface area contributed by atoms with Gasteiger partial charge in [-0.25, -0.2) is 0 Å². The van der Waals surface area contributed by atoms with Gasteiger partial charge in [-0.1, -0.05) is 0 Å². The van der Waals surface area contributed by atoms with Crippen LogP contribution in [0.5, 0.6) is 0 Å². The molecule has 0 aromatic heterocycles. The third-order valence-corrected chi connectivity index (χ3v) is 3.28. The van der Waals surface area contributed by atoms with Gasteiger partial charge in [-0.05, 0) is 39.9 Å². The molecule has 2 atom stereocenters. The molecule has 2 aliphatic rings. The van der Waals surface area contributed by atoms with Gasteiger partial charge in [0.1, 0.15) is 0 Å². The van der Waals surface area contributed by atoms with E-state index in [0.29, 0.717) is 0 Å². The molecule has 0 radical (unpaired) electrons. The van der Waals surface area contributed by atoms with Crippen LogP contribution in [0.2, 0.25) is 6.82 Å². The van der Waals surface area contributed by atoms with E-state index in [4.69, 9.17) is 9.31 Å². The molecule has 2 nitrogen and oxygen atoms in total. The van der Waals surface area contributed by atoms with E-state index < -0.39 is 0 Å². The van der Waals surface area contributed by atoms with E-state index in [1.54, 1.807) is 0 Å². The lowest BCUT2D eigenvalue weighted by molar-refractivity contribution is 0.00578. The molecule has 1 aliphatic heterocycles. The molecule has 0 bridgehead atoms. The quantitative estimate of drug-likeness (QED) is 0.495. The maximum atomic E-state index is 5.75. The lowest BCUT2D eigenvalue weighted by atomic mass is 9.90. The predicted octanol–water partition coefficient (Wildman–Crippen LogP) is 1.85. The molecule has 0 amide bonds. The zero-order valence-corrected chi connectivity index (χ0v) is 7.52. The van der Waals surface area contributed by atoms with Gasteiger partial charge in [-0.2, -0.15) is 0 Å². The van der Waals surface area contributed by atoms with Crippen molar-refractivity contribution in [2.45, 2.75) is 51.1 Å². The number of hydrogen-bond donors (Lipinski definition) is 0. The van der Waals surface area contributed by atoms with E-state index in [1.807, 2.05) is 6.82 Å². The standard InChI is InChI=1S/C8H15BO2/c1-7-5-4-6-8(7,2)11-9(3)10-7/h4-6H2,1-3H3/t7-,8+. The molecule has 0 N–H and O–H groups in total. The topological polar surface area (TPSA) is 18.5 Å². The monoisotopic (exact) mass is 154 g/mol. The average Bonchev–Trinajstić information content (AvgIpc) is 2.16. The first-order valence-electron chi connectivity index (χ1n) is 4.41. The normalized spacial score (nSPS) is 49.9. The Hall–Kier alpha value is -0.0151. The van der Waals surface area contributed by atoms with Crippen molar-refractivity contribution in [3.8, 4) is 0 Å². The second-order valence-electron chi connectivity index (χ2n) is 4.12. The van der Waals surface area contributed by atoms with Crippen molar-refractivity contribution in [1.82, 2.24) is 0 Å². The van der Waals surface area contributed by atoms with Crippen molar-refractivity contribution < 1.29 is 9.31 Å². The molecule has 3 heteroatoms. The van der Waals surface area contributed by atoms with Crippen molar-refractivity contribution in [3.63, 3.8) is 0 Å². The van der Waals surface area contributed by atoms with Crippen LogP contribution in [0, 0.1) is 0 Å². The summed E-state index contributed by atoms with van der Waals surface area (Å²) < 4.78 is 11.5. The minimum atomic E-state index is -0.00898. The van der Waals surface area contributed by atoms with E-state index in [9.17, 15) is 0 Å². The van der Waals surface area contributed by atoms with E-state index in [1.165, 1.54) is 6.42 Å². The molecule has 1 saturated carbocycles. The van der Waals surface area contributed by atoms with Crippen LogP contribution in [0.1, 0.15) is 33.1 Å². The van der Waals surface area contributed by atoms with Gasteiger partial charge < -0.3 is 9.31 Å². The molecule has 0 spiro atoms. The lowest BCUT2D eigenvalue weighted by Crippen LogP contribution is -2.41. The van der Waals surface area contributed by atoms with Gasteiger partial charge in [-0.3, -0.25) is 0 Å². The number of hydrogen-bond acceptors (Lipinski definition) is 2. The number of rotatable bonds is 0. The minimum absolute atomic E-state index is 0.00752. The Labute approximate surface area is 68.4 Å². The molecule has 1 heterocycles. The summed E-state index contributed by atoms with van der Waals surface area (Å²) in [6.45, 7) is 6.32. The highest BCUT2D eigenvalue weighted by atomic mass is 16.7. The molecule has 0 aromatic carbocycles. The van der Waals surface area contributed by atoms with Gasteiger partial charge in [0.2, 0.25) is 0 Å². The van der Waals surface area contributed by atoms with E-state index in [2.05, 4.69) is 13.8 Å². The number of fused-ring (bicyclic) bond motifs is 1. The van der Waals surface area contributed by atoms with Crippen molar-refractivity contribution in [2.24, 2.45) is 0 Å². The van der Waals surface area contributed by atoms with Crippen molar-refractivity contribution >= 4 is 7.12 Å². The highest BCUT2D eigenvalue weighted by Crippen LogP contribution is 2.49. The third-order valence-electron chi connectivity index (χ3n) is 3.28. The van der Waals surface area contributed by atoms with Gasteiger partial charge in [0.05, 0.1) is 11.2 Å². The zero-order valence-electron chi connectivity index (χ0n) is 7.52. The summed E-state index contributed by atoms with van der Waals surface area (Å²) in [4.78, 5) is 0. The van der Waals surface area contributed by atoms with Crippen LogP contribution in [0.25, 0.3) is 0 Å². The molecular weight excluding hydrogens is 139 g/mol. The van der Waals surface area contributed by atoms with E-state index in [0.717, 1.165) is 12.8 Å². The lowest BCUT2D eigenvalue weighted by Gasteiger charge is -2.32. The fourth-order valence-electron chi connectivity index (χ4n) is 2.42. The van der Waals surface area contributed by atoms with Crippen LogP contribution >= 0.6 is 0 Å². The van der Waals surface area contributed by atoms with Crippen molar-refractivity contribution in [2.75, 3.05) is 0 Å². The summed E-state index contributed by atoms with van der Waals surface area (Å²) in [6, 6.07) is 0. The largest absolute Gasteiger partial charge is 0.454 e. The molecular formula is C8H15BO2. The fourth-order valence-corrected chi connectivity index (χ4v) is 2.42. The van der Waals surface area contributed by atoms with Gasteiger partial charge in [0.25, 0.3) is 0 Å². The second kappa shape index (κ2) is 2.02. The van der Waals surface area contributed by atoms with E-state index in [-0.39, 0.29) is 18.3 Å². The Morgan fingerprint density at radius 2 is 1.55 bits per heavy atom. The Kier molecular flexibility index (Phi) is 1.40. The third kappa shape index (κ3) is 0.874. The Morgan fingerprint density at radius 1 is 1.09 bits per heavy atom. The first-order chi connectivity index (χ1) is 5.06.